The zero-order chi connectivity index (χ0) is 16.5. The smallest absolute Gasteiger partial charge is 0.255 e. The summed E-state index contributed by atoms with van der Waals surface area (Å²) in [6.45, 7) is 2.13. The summed E-state index contributed by atoms with van der Waals surface area (Å²) in [5.74, 6) is 0.665. The minimum atomic E-state index is -0.166. The first kappa shape index (κ1) is 15.2. The molecule has 0 unspecified atom stereocenters. The number of amides is 1. The van der Waals surface area contributed by atoms with Crippen LogP contribution in [-0.4, -0.2) is 29.3 Å². The predicted molar refractivity (Wildman–Crippen MR) is 95.4 cm³/mol. The van der Waals surface area contributed by atoms with Crippen LogP contribution in [0.4, 0.5) is 5.69 Å². The predicted octanol–water partition coefficient (Wildman–Crippen LogP) is 3.06. The first-order chi connectivity index (χ1) is 11.7. The van der Waals surface area contributed by atoms with Gasteiger partial charge in [-0.15, -0.1) is 0 Å². The largest absolute Gasteiger partial charge is 0.491 e. The highest BCUT2D eigenvalue weighted by Crippen LogP contribution is 2.34. The number of halogens is 1. The van der Waals surface area contributed by atoms with Gasteiger partial charge in [0.05, 0.1) is 16.2 Å². The summed E-state index contributed by atoms with van der Waals surface area (Å²) in [4.78, 5) is 12.5. The second-order valence-electron chi connectivity index (χ2n) is 5.60. The van der Waals surface area contributed by atoms with E-state index in [1.54, 1.807) is 18.3 Å². The molecule has 1 aromatic heterocycles. The fraction of sp³-hybridized carbons (Fsp3) is 0.176. The monoisotopic (exact) mass is 386 g/mol. The van der Waals surface area contributed by atoms with E-state index < -0.39 is 0 Å². The summed E-state index contributed by atoms with van der Waals surface area (Å²) in [5.41, 5.74) is 3.15. The highest BCUT2D eigenvalue weighted by atomic mass is 79.9. The van der Waals surface area contributed by atoms with Crippen molar-refractivity contribution in [2.24, 2.45) is 0 Å². The summed E-state index contributed by atoms with van der Waals surface area (Å²) in [6, 6.07) is 9.25. The van der Waals surface area contributed by atoms with Gasteiger partial charge >= 0.3 is 0 Å². The molecule has 0 saturated carbocycles. The lowest BCUT2D eigenvalue weighted by Crippen LogP contribution is -2.16. The number of ether oxygens (including phenoxy) is 1. The Labute approximate surface area is 146 Å². The molecule has 0 atom stereocenters. The number of carbonyl (C=O) groups is 1. The van der Waals surface area contributed by atoms with Crippen molar-refractivity contribution in [1.29, 1.82) is 0 Å². The molecule has 3 aromatic rings. The van der Waals surface area contributed by atoms with Gasteiger partial charge in [0.1, 0.15) is 12.4 Å². The molecule has 3 N–H and O–H groups in total. The molecule has 0 radical (unpaired) electrons. The fourth-order valence-corrected chi connectivity index (χ4v) is 3.36. The Morgan fingerprint density at radius 2 is 2.21 bits per heavy atom. The number of hydrogen-bond donors (Lipinski definition) is 3. The lowest BCUT2D eigenvalue weighted by molar-refractivity contribution is 0.102. The van der Waals surface area contributed by atoms with Crippen LogP contribution in [0.2, 0.25) is 0 Å². The van der Waals surface area contributed by atoms with Gasteiger partial charge in [-0.2, -0.15) is 5.10 Å². The van der Waals surface area contributed by atoms with Crippen LogP contribution < -0.4 is 15.4 Å². The van der Waals surface area contributed by atoms with Gasteiger partial charge in [0, 0.05) is 35.3 Å². The molecular weight excluding hydrogens is 372 g/mol. The van der Waals surface area contributed by atoms with Gasteiger partial charge in [-0.05, 0) is 40.2 Å². The Balaban J connectivity index is 1.61. The SMILES string of the molecule is O=C(Nc1cc(Br)c2c(c1)CNCCO2)c1ccc2cn[nH]c2c1. The first-order valence-corrected chi connectivity index (χ1v) is 8.40. The lowest BCUT2D eigenvalue weighted by Gasteiger charge is -2.12. The van der Waals surface area contributed by atoms with Crippen molar-refractivity contribution in [2.75, 3.05) is 18.5 Å². The van der Waals surface area contributed by atoms with Crippen molar-refractivity contribution in [3.05, 3.63) is 52.1 Å². The van der Waals surface area contributed by atoms with E-state index >= 15 is 0 Å². The Bertz CT molecular complexity index is 922. The molecule has 0 fully saturated rings. The molecule has 2 aromatic carbocycles. The van der Waals surface area contributed by atoms with Gasteiger partial charge in [-0.3, -0.25) is 9.89 Å². The average Bonchev–Trinajstić information content (AvgIpc) is 2.91. The summed E-state index contributed by atoms with van der Waals surface area (Å²) >= 11 is 3.52. The molecule has 24 heavy (non-hydrogen) atoms. The van der Waals surface area contributed by atoms with Gasteiger partial charge < -0.3 is 15.4 Å². The number of rotatable bonds is 2. The van der Waals surface area contributed by atoms with Crippen LogP contribution in [0.5, 0.6) is 5.75 Å². The molecule has 2 heterocycles. The van der Waals surface area contributed by atoms with Gasteiger partial charge in [0.25, 0.3) is 5.91 Å². The van der Waals surface area contributed by atoms with Gasteiger partial charge in [0.2, 0.25) is 0 Å². The maximum absolute atomic E-state index is 12.5. The third-order valence-electron chi connectivity index (χ3n) is 3.92. The molecule has 1 amide bonds. The number of nitrogens with zero attached hydrogens (tertiary/aromatic N) is 1. The van der Waals surface area contributed by atoms with E-state index in [0.29, 0.717) is 18.7 Å². The van der Waals surface area contributed by atoms with Crippen molar-refractivity contribution in [3.63, 3.8) is 0 Å². The van der Waals surface area contributed by atoms with E-state index in [4.69, 9.17) is 4.74 Å². The second kappa shape index (κ2) is 6.26. The lowest BCUT2D eigenvalue weighted by atomic mass is 10.1. The Morgan fingerprint density at radius 1 is 1.29 bits per heavy atom. The topological polar surface area (TPSA) is 79.0 Å². The number of benzene rings is 2. The van der Waals surface area contributed by atoms with Crippen LogP contribution >= 0.6 is 15.9 Å². The first-order valence-electron chi connectivity index (χ1n) is 7.61. The standard InChI is InChI=1S/C17H15BrN4O2/c18-14-7-13(5-12-8-19-3-4-24-16(12)14)21-17(23)10-1-2-11-9-20-22-15(11)6-10/h1-2,5-7,9,19H,3-4,8H2,(H,20,22)(H,21,23). The van der Waals surface area contributed by atoms with E-state index in [9.17, 15) is 4.79 Å². The number of nitrogens with one attached hydrogen (secondary N) is 3. The molecule has 0 bridgehead atoms. The zero-order valence-electron chi connectivity index (χ0n) is 12.7. The van der Waals surface area contributed by atoms with E-state index in [1.807, 2.05) is 18.2 Å². The summed E-state index contributed by atoms with van der Waals surface area (Å²) in [5, 5.41) is 14.0. The Kier molecular flexibility index (Phi) is 3.95. The van der Waals surface area contributed by atoms with Crippen LogP contribution in [-0.2, 0) is 6.54 Å². The molecule has 7 heteroatoms. The third-order valence-corrected chi connectivity index (χ3v) is 4.51. The Morgan fingerprint density at radius 3 is 3.12 bits per heavy atom. The van der Waals surface area contributed by atoms with Gasteiger partial charge in [-0.25, -0.2) is 0 Å². The van der Waals surface area contributed by atoms with Crippen LogP contribution in [0.1, 0.15) is 15.9 Å². The molecule has 0 spiro atoms. The normalized spacial score (nSPS) is 13.9. The molecule has 0 aliphatic carbocycles. The van der Waals surface area contributed by atoms with Crippen LogP contribution in [0.3, 0.4) is 0 Å². The van der Waals surface area contributed by atoms with Crippen molar-refractivity contribution >= 4 is 38.4 Å². The van der Waals surface area contributed by atoms with Gasteiger partial charge in [-0.1, -0.05) is 6.07 Å². The molecular formula is C17H15BrN4O2. The number of aromatic nitrogens is 2. The van der Waals surface area contributed by atoms with E-state index in [2.05, 4.69) is 36.8 Å². The maximum Gasteiger partial charge on any atom is 0.255 e. The molecule has 1 aliphatic heterocycles. The van der Waals surface area contributed by atoms with Gasteiger partial charge in [0.15, 0.2) is 0 Å². The summed E-state index contributed by atoms with van der Waals surface area (Å²) < 4.78 is 6.57. The molecule has 4 rings (SSSR count). The number of anilines is 1. The minimum Gasteiger partial charge on any atom is -0.491 e. The van der Waals surface area contributed by atoms with Crippen molar-refractivity contribution < 1.29 is 9.53 Å². The fourth-order valence-electron chi connectivity index (χ4n) is 2.75. The third kappa shape index (κ3) is 2.88. The molecule has 1 aliphatic rings. The summed E-state index contributed by atoms with van der Waals surface area (Å²) in [6.07, 6.45) is 1.73. The molecule has 6 nitrogen and oxygen atoms in total. The molecule has 122 valence electrons. The minimum absolute atomic E-state index is 0.166. The zero-order valence-corrected chi connectivity index (χ0v) is 14.3. The second-order valence-corrected chi connectivity index (χ2v) is 6.45. The van der Waals surface area contributed by atoms with E-state index in [0.717, 1.165) is 38.9 Å². The van der Waals surface area contributed by atoms with Crippen molar-refractivity contribution in [3.8, 4) is 5.75 Å². The van der Waals surface area contributed by atoms with Crippen LogP contribution in [0.25, 0.3) is 10.9 Å². The number of aromatic amines is 1. The van der Waals surface area contributed by atoms with Crippen LogP contribution in [0.15, 0.2) is 41.0 Å². The van der Waals surface area contributed by atoms with Crippen molar-refractivity contribution in [1.82, 2.24) is 15.5 Å². The quantitative estimate of drug-likeness (QED) is 0.632. The number of H-pyrrole nitrogens is 1. The maximum atomic E-state index is 12.5. The highest BCUT2D eigenvalue weighted by molar-refractivity contribution is 9.10. The summed E-state index contributed by atoms with van der Waals surface area (Å²) in [7, 11) is 0. The number of hydrogen-bond acceptors (Lipinski definition) is 4. The number of carbonyl (C=O) groups excluding carboxylic acids is 1. The van der Waals surface area contributed by atoms with E-state index in [-0.39, 0.29) is 5.91 Å². The van der Waals surface area contributed by atoms with E-state index in [1.165, 1.54) is 0 Å². The van der Waals surface area contributed by atoms with Crippen LogP contribution in [0, 0.1) is 0 Å². The average molecular weight is 387 g/mol. The molecule has 0 saturated heterocycles. The van der Waals surface area contributed by atoms with Crippen molar-refractivity contribution in [2.45, 2.75) is 6.54 Å². The number of fused-ring (bicyclic) bond motifs is 2. The highest BCUT2D eigenvalue weighted by Gasteiger charge is 2.15. The Hall–Kier alpha value is -2.38.